The van der Waals surface area contributed by atoms with E-state index in [0.29, 0.717) is 22.1 Å². The zero-order valence-corrected chi connectivity index (χ0v) is 19.4. The van der Waals surface area contributed by atoms with Crippen LogP contribution in [0.2, 0.25) is 5.02 Å². The summed E-state index contributed by atoms with van der Waals surface area (Å²) < 4.78 is 4.99. The van der Waals surface area contributed by atoms with Crippen molar-refractivity contribution in [3.63, 3.8) is 0 Å². The van der Waals surface area contributed by atoms with Crippen LogP contribution in [0.15, 0.2) is 54.9 Å². The monoisotopic (exact) mass is 465 g/mol. The van der Waals surface area contributed by atoms with Gasteiger partial charge in [0.05, 0.1) is 19.8 Å². The lowest BCUT2D eigenvalue weighted by molar-refractivity contribution is 0.0916. The van der Waals surface area contributed by atoms with Crippen molar-refractivity contribution in [1.82, 2.24) is 15.3 Å². The molecule has 33 heavy (non-hydrogen) atoms. The third-order valence-corrected chi connectivity index (χ3v) is 6.44. The Hall–Kier alpha value is -2.96. The van der Waals surface area contributed by atoms with Crippen LogP contribution in [0.1, 0.15) is 65.5 Å². The van der Waals surface area contributed by atoms with Gasteiger partial charge in [0, 0.05) is 28.5 Å². The van der Waals surface area contributed by atoms with Gasteiger partial charge >= 0.3 is 6.01 Å². The fourth-order valence-corrected chi connectivity index (χ4v) is 4.48. The van der Waals surface area contributed by atoms with E-state index in [-0.39, 0.29) is 18.5 Å². The normalized spacial score (nSPS) is 15.1. The summed E-state index contributed by atoms with van der Waals surface area (Å²) in [4.78, 5) is 21.4. The maximum atomic E-state index is 13.3. The molecule has 1 aromatic heterocycles. The van der Waals surface area contributed by atoms with Gasteiger partial charge in [-0.1, -0.05) is 49.1 Å². The van der Waals surface area contributed by atoms with Gasteiger partial charge in [-0.15, -0.1) is 0 Å². The molecule has 3 aromatic rings. The van der Waals surface area contributed by atoms with Crippen molar-refractivity contribution < 1.29 is 14.6 Å². The number of benzene rings is 2. The summed E-state index contributed by atoms with van der Waals surface area (Å²) in [6, 6.07) is 13.3. The number of nitrogens with zero attached hydrogens (tertiary/aromatic N) is 2. The van der Waals surface area contributed by atoms with Crippen molar-refractivity contribution in [2.24, 2.45) is 0 Å². The fourth-order valence-electron chi connectivity index (χ4n) is 4.35. The molecule has 0 saturated heterocycles. The topological polar surface area (TPSA) is 84.3 Å². The molecule has 1 fully saturated rings. The second-order valence-electron chi connectivity index (χ2n) is 8.40. The number of nitrogens with one attached hydrogen (secondary N) is 1. The average molecular weight is 466 g/mol. The van der Waals surface area contributed by atoms with E-state index in [4.69, 9.17) is 16.3 Å². The molecular weight excluding hydrogens is 438 g/mol. The molecule has 1 amide bonds. The van der Waals surface area contributed by atoms with Crippen LogP contribution in [0.3, 0.4) is 0 Å². The molecule has 1 saturated carbocycles. The first kappa shape index (κ1) is 23.2. The summed E-state index contributed by atoms with van der Waals surface area (Å²) in [5.41, 5.74) is 4.34. The Kier molecular flexibility index (Phi) is 7.57. The number of carbonyl (C=O) groups is 1. The zero-order chi connectivity index (χ0) is 23.2. The average Bonchev–Trinajstić information content (AvgIpc) is 2.88. The summed E-state index contributed by atoms with van der Waals surface area (Å²) in [5, 5.41) is 13.5. The lowest BCUT2D eigenvalue weighted by atomic mass is 9.82. The molecule has 2 aromatic carbocycles. The van der Waals surface area contributed by atoms with Gasteiger partial charge in [0.15, 0.2) is 0 Å². The minimum Gasteiger partial charge on any atom is -0.467 e. The first-order chi connectivity index (χ1) is 16.1. The molecule has 0 bridgehead atoms. The standard InChI is InChI=1S/C26H28ClN3O3/c1-33-26-28-14-22(15-29-26)24(16-31)30-25(32)21-12-19(17-5-3-2-4-6-17)11-20(13-21)18-7-9-23(27)10-8-18/h7-15,17,24,31H,2-6,16H2,1H3,(H,30,32)/t24-/m1/s1. The second kappa shape index (κ2) is 10.8. The summed E-state index contributed by atoms with van der Waals surface area (Å²) >= 11 is 6.08. The number of rotatable bonds is 7. The van der Waals surface area contributed by atoms with Crippen LogP contribution >= 0.6 is 11.6 Å². The van der Waals surface area contributed by atoms with Crippen LogP contribution in [0.25, 0.3) is 11.1 Å². The van der Waals surface area contributed by atoms with Gasteiger partial charge in [-0.05, 0) is 59.7 Å². The van der Waals surface area contributed by atoms with Crippen molar-refractivity contribution in [1.29, 1.82) is 0 Å². The Balaban J connectivity index is 1.64. The van der Waals surface area contributed by atoms with Crippen LogP contribution in [0.4, 0.5) is 0 Å². The van der Waals surface area contributed by atoms with Crippen LogP contribution < -0.4 is 10.1 Å². The number of aliphatic hydroxyl groups excluding tert-OH is 1. The van der Waals surface area contributed by atoms with Crippen molar-refractivity contribution in [2.45, 2.75) is 44.1 Å². The summed E-state index contributed by atoms with van der Waals surface area (Å²) in [5.74, 6) is 0.193. The van der Waals surface area contributed by atoms with Crippen LogP contribution in [0.5, 0.6) is 6.01 Å². The number of halogens is 1. The molecule has 172 valence electrons. The Morgan fingerprint density at radius 3 is 2.42 bits per heavy atom. The van der Waals surface area contributed by atoms with Crippen LogP contribution in [-0.2, 0) is 0 Å². The molecule has 6 nitrogen and oxygen atoms in total. The number of amides is 1. The van der Waals surface area contributed by atoms with Crippen molar-refractivity contribution >= 4 is 17.5 Å². The third-order valence-electron chi connectivity index (χ3n) is 6.19. The smallest absolute Gasteiger partial charge is 0.316 e. The quantitative estimate of drug-likeness (QED) is 0.493. The van der Waals surface area contributed by atoms with E-state index < -0.39 is 6.04 Å². The van der Waals surface area contributed by atoms with Crippen molar-refractivity contribution in [2.75, 3.05) is 13.7 Å². The van der Waals surface area contributed by atoms with E-state index in [0.717, 1.165) is 24.0 Å². The van der Waals surface area contributed by atoms with E-state index in [2.05, 4.69) is 21.4 Å². The molecule has 1 aliphatic rings. The van der Waals surface area contributed by atoms with E-state index in [1.165, 1.54) is 31.9 Å². The first-order valence-electron chi connectivity index (χ1n) is 11.3. The van der Waals surface area contributed by atoms with Crippen molar-refractivity contribution in [3.05, 3.63) is 76.6 Å². The third kappa shape index (κ3) is 5.70. The summed E-state index contributed by atoms with van der Waals surface area (Å²) in [7, 11) is 1.48. The largest absolute Gasteiger partial charge is 0.467 e. The first-order valence-corrected chi connectivity index (χ1v) is 11.6. The molecule has 1 aliphatic carbocycles. The highest BCUT2D eigenvalue weighted by Crippen LogP contribution is 2.35. The second-order valence-corrected chi connectivity index (χ2v) is 8.83. The molecular formula is C26H28ClN3O3. The van der Waals surface area contributed by atoms with Gasteiger partial charge < -0.3 is 15.2 Å². The summed E-state index contributed by atoms with van der Waals surface area (Å²) in [6.45, 7) is -0.270. The Labute approximate surface area is 199 Å². The van der Waals surface area contributed by atoms with Gasteiger partial charge in [-0.3, -0.25) is 4.79 Å². The number of aliphatic hydroxyl groups is 1. The molecule has 1 heterocycles. The number of carbonyl (C=O) groups excluding carboxylic acids is 1. The molecule has 0 aliphatic heterocycles. The Bertz CT molecular complexity index is 1080. The van der Waals surface area contributed by atoms with Crippen molar-refractivity contribution in [3.8, 4) is 17.1 Å². The Morgan fingerprint density at radius 1 is 1.09 bits per heavy atom. The molecule has 0 unspecified atom stereocenters. The van der Waals surface area contributed by atoms with Gasteiger partial charge in [0.2, 0.25) is 0 Å². The highest BCUT2D eigenvalue weighted by Gasteiger charge is 2.21. The van der Waals surface area contributed by atoms with Gasteiger partial charge in [0.25, 0.3) is 5.91 Å². The van der Waals surface area contributed by atoms with Gasteiger partial charge in [-0.2, -0.15) is 0 Å². The summed E-state index contributed by atoms with van der Waals surface area (Å²) in [6.07, 6.45) is 9.04. The molecule has 7 heteroatoms. The minimum atomic E-state index is -0.624. The van der Waals surface area contributed by atoms with Gasteiger partial charge in [0.1, 0.15) is 0 Å². The van der Waals surface area contributed by atoms with Crippen LogP contribution in [-0.4, -0.2) is 34.7 Å². The van der Waals surface area contributed by atoms with E-state index >= 15 is 0 Å². The highest BCUT2D eigenvalue weighted by atomic mass is 35.5. The maximum absolute atomic E-state index is 13.3. The Morgan fingerprint density at radius 2 is 1.79 bits per heavy atom. The van der Waals surface area contributed by atoms with Gasteiger partial charge in [-0.25, -0.2) is 9.97 Å². The zero-order valence-electron chi connectivity index (χ0n) is 18.6. The maximum Gasteiger partial charge on any atom is 0.316 e. The fraction of sp³-hybridized carbons (Fsp3) is 0.346. The van der Waals surface area contributed by atoms with Crippen LogP contribution in [0, 0.1) is 0 Å². The lowest BCUT2D eigenvalue weighted by Crippen LogP contribution is -2.31. The predicted octanol–water partition coefficient (Wildman–Crippen LogP) is 5.32. The molecule has 2 N–H and O–H groups in total. The molecule has 0 spiro atoms. The molecule has 4 rings (SSSR count). The molecule has 1 atom stereocenters. The molecule has 0 radical (unpaired) electrons. The predicted molar refractivity (Wildman–Crippen MR) is 129 cm³/mol. The minimum absolute atomic E-state index is 0.231. The number of hydrogen-bond donors (Lipinski definition) is 2. The van der Waals surface area contributed by atoms with E-state index in [1.807, 2.05) is 36.4 Å². The number of ether oxygens (including phenoxy) is 1. The number of hydrogen-bond acceptors (Lipinski definition) is 5. The lowest BCUT2D eigenvalue weighted by Gasteiger charge is -2.24. The number of methoxy groups -OCH3 is 1. The van der Waals surface area contributed by atoms with E-state index in [9.17, 15) is 9.90 Å². The highest BCUT2D eigenvalue weighted by molar-refractivity contribution is 6.30. The SMILES string of the molecule is COc1ncc([C@@H](CO)NC(=O)c2cc(-c3ccc(Cl)cc3)cc(C3CCCCC3)c2)cn1. The van der Waals surface area contributed by atoms with E-state index in [1.54, 1.807) is 12.4 Å². The number of aromatic nitrogens is 2.